The van der Waals surface area contributed by atoms with Crippen LogP contribution in [0.4, 0.5) is 4.79 Å². The standard InChI is InChI=1S/C27H20BrClN2O4S/c1-2-34-23-11-20(22(28)13-24(23)35-16-17-7-9-21(29)10-8-17)12-25-26(32)31(27(33)36-25)15-19-6-4-3-5-18(19)14-30/h3-13H,2,15-16H2,1H3/b25-12+. The summed E-state index contributed by atoms with van der Waals surface area (Å²) in [6.45, 7) is 2.66. The molecule has 1 heterocycles. The molecule has 0 saturated carbocycles. The van der Waals surface area contributed by atoms with Crippen LogP contribution in [-0.4, -0.2) is 22.7 Å². The zero-order valence-electron chi connectivity index (χ0n) is 19.2. The first-order chi connectivity index (χ1) is 17.4. The predicted octanol–water partition coefficient (Wildman–Crippen LogP) is 7.19. The molecule has 1 fully saturated rings. The summed E-state index contributed by atoms with van der Waals surface area (Å²) in [4.78, 5) is 27.1. The van der Waals surface area contributed by atoms with E-state index < -0.39 is 5.91 Å². The van der Waals surface area contributed by atoms with Crippen molar-refractivity contribution < 1.29 is 19.1 Å². The van der Waals surface area contributed by atoms with Gasteiger partial charge in [-0.1, -0.05) is 57.9 Å². The van der Waals surface area contributed by atoms with Crippen molar-refractivity contribution in [3.63, 3.8) is 0 Å². The molecular formula is C27H20BrClN2O4S. The van der Waals surface area contributed by atoms with Crippen LogP contribution >= 0.6 is 39.3 Å². The van der Waals surface area contributed by atoms with Gasteiger partial charge >= 0.3 is 0 Å². The molecule has 4 rings (SSSR count). The van der Waals surface area contributed by atoms with E-state index in [0.717, 1.165) is 22.2 Å². The normalized spacial score (nSPS) is 14.3. The minimum Gasteiger partial charge on any atom is -0.490 e. The summed E-state index contributed by atoms with van der Waals surface area (Å²) in [5.41, 5.74) is 2.67. The van der Waals surface area contributed by atoms with Crippen LogP contribution in [0.1, 0.15) is 29.2 Å². The number of carbonyl (C=O) groups is 2. The number of ether oxygens (including phenoxy) is 2. The van der Waals surface area contributed by atoms with Gasteiger partial charge in [0.05, 0.1) is 29.7 Å². The van der Waals surface area contributed by atoms with Gasteiger partial charge in [0, 0.05) is 9.50 Å². The lowest BCUT2D eigenvalue weighted by molar-refractivity contribution is -0.123. The van der Waals surface area contributed by atoms with E-state index >= 15 is 0 Å². The van der Waals surface area contributed by atoms with Crippen LogP contribution < -0.4 is 9.47 Å². The van der Waals surface area contributed by atoms with Crippen molar-refractivity contribution in [2.75, 3.05) is 6.61 Å². The molecule has 0 atom stereocenters. The number of nitriles is 1. The minimum absolute atomic E-state index is 0.0363. The summed E-state index contributed by atoms with van der Waals surface area (Å²) < 4.78 is 12.4. The number of hydrogen-bond acceptors (Lipinski definition) is 6. The van der Waals surface area contributed by atoms with E-state index in [1.165, 1.54) is 0 Å². The van der Waals surface area contributed by atoms with E-state index in [0.29, 0.717) is 50.9 Å². The molecule has 2 amide bonds. The highest BCUT2D eigenvalue weighted by molar-refractivity contribution is 9.10. The van der Waals surface area contributed by atoms with Gasteiger partial charge in [-0.2, -0.15) is 5.26 Å². The smallest absolute Gasteiger partial charge is 0.293 e. The third-order valence-corrected chi connectivity index (χ3v) is 7.14. The van der Waals surface area contributed by atoms with E-state index in [9.17, 15) is 14.9 Å². The van der Waals surface area contributed by atoms with Gasteiger partial charge < -0.3 is 9.47 Å². The molecule has 182 valence electrons. The third kappa shape index (κ3) is 5.93. The molecule has 6 nitrogen and oxygen atoms in total. The molecule has 0 N–H and O–H groups in total. The number of thioether (sulfide) groups is 1. The summed E-state index contributed by atoms with van der Waals surface area (Å²) >= 11 is 10.4. The Kier molecular flexibility index (Phi) is 8.36. The van der Waals surface area contributed by atoms with Crippen LogP contribution in [0.3, 0.4) is 0 Å². The third-order valence-electron chi connectivity index (χ3n) is 5.30. The Labute approximate surface area is 226 Å². The maximum absolute atomic E-state index is 13.0. The number of benzene rings is 3. The van der Waals surface area contributed by atoms with Gasteiger partial charge in [-0.25, -0.2) is 0 Å². The zero-order valence-corrected chi connectivity index (χ0v) is 22.3. The Morgan fingerprint density at radius 1 is 1.08 bits per heavy atom. The lowest BCUT2D eigenvalue weighted by Gasteiger charge is -2.15. The van der Waals surface area contributed by atoms with E-state index in [1.54, 1.807) is 54.6 Å². The van der Waals surface area contributed by atoms with Crippen LogP contribution in [0, 0.1) is 11.3 Å². The van der Waals surface area contributed by atoms with E-state index in [1.807, 2.05) is 19.1 Å². The molecule has 1 aliphatic heterocycles. The van der Waals surface area contributed by atoms with Gasteiger partial charge in [-0.15, -0.1) is 0 Å². The van der Waals surface area contributed by atoms with Gasteiger partial charge in [0.15, 0.2) is 11.5 Å². The fourth-order valence-corrected chi connectivity index (χ4v) is 4.89. The summed E-state index contributed by atoms with van der Waals surface area (Å²) in [6, 6.07) is 19.9. The molecule has 0 aliphatic carbocycles. The highest BCUT2D eigenvalue weighted by Crippen LogP contribution is 2.39. The molecule has 9 heteroatoms. The van der Waals surface area contributed by atoms with Gasteiger partial charge in [0.1, 0.15) is 6.61 Å². The number of imide groups is 1. The van der Waals surface area contributed by atoms with Crippen molar-refractivity contribution in [2.24, 2.45) is 0 Å². The minimum atomic E-state index is -0.411. The van der Waals surface area contributed by atoms with Gasteiger partial charge in [0.2, 0.25) is 0 Å². The lowest BCUT2D eigenvalue weighted by atomic mass is 10.1. The quantitative estimate of drug-likeness (QED) is 0.261. The van der Waals surface area contributed by atoms with E-state index in [2.05, 4.69) is 22.0 Å². The predicted molar refractivity (Wildman–Crippen MR) is 144 cm³/mol. The first kappa shape index (κ1) is 25.8. The number of carbonyl (C=O) groups excluding carboxylic acids is 2. The molecule has 3 aromatic carbocycles. The average Bonchev–Trinajstić information content (AvgIpc) is 3.13. The monoisotopic (exact) mass is 582 g/mol. The molecule has 1 saturated heterocycles. The molecule has 36 heavy (non-hydrogen) atoms. The summed E-state index contributed by atoms with van der Waals surface area (Å²) in [6.07, 6.45) is 1.65. The second-order valence-electron chi connectivity index (χ2n) is 7.71. The van der Waals surface area contributed by atoms with Crippen LogP contribution in [0.5, 0.6) is 11.5 Å². The molecule has 0 bridgehead atoms. The first-order valence-electron chi connectivity index (χ1n) is 11.0. The SMILES string of the molecule is CCOc1cc(/C=C2/SC(=O)N(Cc3ccccc3C#N)C2=O)c(Br)cc1OCc1ccc(Cl)cc1. The fraction of sp³-hybridized carbons (Fsp3) is 0.148. The van der Waals surface area contributed by atoms with Crippen molar-refractivity contribution in [1.82, 2.24) is 4.90 Å². The average molecular weight is 584 g/mol. The van der Waals surface area contributed by atoms with Crippen LogP contribution in [-0.2, 0) is 17.9 Å². The number of hydrogen-bond donors (Lipinski definition) is 0. The Morgan fingerprint density at radius 2 is 1.81 bits per heavy atom. The molecule has 0 aromatic heterocycles. The summed E-state index contributed by atoms with van der Waals surface area (Å²) in [7, 11) is 0. The number of rotatable bonds is 8. The molecule has 1 aliphatic rings. The van der Waals surface area contributed by atoms with E-state index in [-0.39, 0.29) is 16.7 Å². The van der Waals surface area contributed by atoms with Gasteiger partial charge in [-0.05, 0) is 71.8 Å². The van der Waals surface area contributed by atoms with Crippen molar-refractivity contribution in [2.45, 2.75) is 20.1 Å². The number of nitrogens with zero attached hydrogens (tertiary/aromatic N) is 2. The maximum atomic E-state index is 13.0. The van der Waals surface area contributed by atoms with Crippen molar-refractivity contribution >= 4 is 56.5 Å². The second kappa shape index (κ2) is 11.7. The van der Waals surface area contributed by atoms with Gasteiger partial charge in [0.25, 0.3) is 11.1 Å². The highest BCUT2D eigenvalue weighted by atomic mass is 79.9. The van der Waals surface area contributed by atoms with Crippen molar-refractivity contribution in [3.05, 3.63) is 97.3 Å². The van der Waals surface area contributed by atoms with Gasteiger partial charge in [-0.3, -0.25) is 14.5 Å². The number of amides is 2. The second-order valence-corrected chi connectivity index (χ2v) is 9.99. The Morgan fingerprint density at radius 3 is 2.53 bits per heavy atom. The molecule has 0 radical (unpaired) electrons. The van der Waals surface area contributed by atoms with Crippen LogP contribution in [0.15, 0.2) is 70.0 Å². The Balaban J connectivity index is 1.56. The highest BCUT2D eigenvalue weighted by Gasteiger charge is 2.35. The Bertz CT molecular complexity index is 1390. The fourth-order valence-electron chi connectivity index (χ4n) is 3.50. The maximum Gasteiger partial charge on any atom is 0.293 e. The first-order valence-corrected chi connectivity index (χ1v) is 12.9. The van der Waals surface area contributed by atoms with E-state index in [4.69, 9.17) is 21.1 Å². The largest absolute Gasteiger partial charge is 0.490 e. The van der Waals surface area contributed by atoms with Crippen LogP contribution in [0.25, 0.3) is 6.08 Å². The molecule has 0 unspecified atom stereocenters. The van der Waals surface area contributed by atoms with Crippen LogP contribution in [0.2, 0.25) is 5.02 Å². The lowest BCUT2D eigenvalue weighted by Crippen LogP contribution is -2.27. The topological polar surface area (TPSA) is 79.6 Å². The summed E-state index contributed by atoms with van der Waals surface area (Å²) in [5, 5.41) is 9.59. The molecular weight excluding hydrogens is 564 g/mol. The zero-order chi connectivity index (χ0) is 25.7. The molecule has 3 aromatic rings. The van der Waals surface area contributed by atoms with Crippen molar-refractivity contribution in [1.29, 1.82) is 5.26 Å². The molecule has 0 spiro atoms. The van der Waals surface area contributed by atoms with Crippen molar-refractivity contribution in [3.8, 4) is 17.6 Å². The number of halogens is 2. The Hall–Kier alpha value is -3.25. The summed E-state index contributed by atoms with van der Waals surface area (Å²) in [5.74, 6) is 0.644.